The molecule has 0 aliphatic heterocycles. The summed E-state index contributed by atoms with van der Waals surface area (Å²) in [4.78, 5) is 0. The smallest absolute Gasteiger partial charge is 0.0628 e. The third-order valence-corrected chi connectivity index (χ3v) is 4.27. The summed E-state index contributed by atoms with van der Waals surface area (Å²) in [5, 5.41) is 9.36. The van der Waals surface area contributed by atoms with Gasteiger partial charge in [0.25, 0.3) is 0 Å². The molecule has 0 aromatic rings. The Morgan fingerprint density at radius 2 is 1.05 bits per heavy atom. The number of unbranched alkanes of at least 4 members (excludes halogenated alkanes) is 12. The maximum Gasteiger partial charge on any atom is 0.0628 e. The van der Waals surface area contributed by atoms with Crippen molar-refractivity contribution in [3.8, 4) is 0 Å². The molecule has 0 amide bonds. The zero-order valence-corrected chi connectivity index (χ0v) is 14.0. The number of hydrogen-bond acceptors (Lipinski definition) is 2. The van der Waals surface area contributed by atoms with Crippen LogP contribution in [0.3, 0.4) is 0 Å². The zero-order valence-electron chi connectivity index (χ0n) is 13.1. The minimum Gasteiger partial charge on any atom is -0.392 e. The summed E-state index contributed by atoms with van der Waals surface area (Å²) in [6.07, 6.45) is 18.7. The lowest BCUT2D eigenvalue weighted by Gasteiger charge is -2.06. The van der Waals surface area contributed by atoms with Crippen LogP contribution in [0.5, 0.6) is 0 Å². The zero-order chi connectivity index (χ0) is 14.2. The molecule has 0 radical (unpaired) electrons. The highest BCUT2D eigenvalue weighted by molar-refractivity contribution is 7.80. The van der Waals surface area contributed by atoms with Gasteiger partial charge in [-0.05, 0) is 6.42 Å². The van der Waals surface area contributed by atoms with Crippen LogP contribution in [0, 0.1) is 0 Å². The molecule has 0 heterocycles. The van der Waals surface area contributed by atoms with Crippen molar-refractivity contribution in [1.82, 2.24) is 0 Å². The van der Waals surface area contributed by atoms with Crippen molar-refractivity contribution in [2.45, 2.75) is 103 Å². The average Bonchev–Trinajstić information content (AvgIpc) is 2.43. The first-order valence-electron chi connectivity index (χ1n) is 8.60. The predicted octanol–water partition coefficient (Wildman–Crippen LogP) is 5.76. The number of thiol groups is 1. The molecular weight excluding hydrogens is 252 g/mol. The fourth-order valence-corrected chi connectivity index (χ4v) is 2.67. The van der Waals surface area contributed by atoms with Crippen LogP contribution >= 0.6 is 12.6 Å². The van der Waals surface area contributed by atoms with Crippen LogP contribution in [-0.4, -0.2) is 17.0 Å². The Labute approximate surface area is 127 Å². The van der Waals surface area contributed by atoms with Gasteiger partial charge >= 0.3 is 0 Å². The second-order valence-electron chi connectivity index (χ2n) is 5.87. The first-order chi connectivity index (χ1) is 9.31. The van der Waals surface area contributed by atoms with Gasteiger partial charge in [-0.15, -0.1) is 0 Å². The Morgan fingerprint density at radius 3 is 1.42 bits per heavy atom. The van der Waals surface area contributed by atoms with Gasteiger partial charge in [0.2, 0.25) is 0 Å². The monoisotopic (exact) mass is 288 g/mol. The van der Waals surface area contributed by atoms with Gasteiger partial charge in [-0.2, -0.15) is 12.6 Å². The fourth-order valence-electron chi connectivity index (χ4n) is 2.49. The topological polar surface area (TPSA) is 20.2 Å². The summed E-state index contributed by atoms with van der Waals surface area (Å²) in [6.45, 7) is 2.28. The van der Waals surface area contributed by atoms with Crippen molar-refractivity contribution in [2.24, 2.45) is 0 Å². The van der Waals surface area contributed by atoms with Crippen LogP contribution in [-0.2, 0) is 0 Å². The van der Waals surface area contributed by atoms with Crippen LogP contribution in [0.4, 0.5) is 0 Å². The van der Waals surface area contributed by atoms with Gasteiger partial charge in [-0.3, -0.25) is 0 Å². The van der Waals surface area contributed by atoms with E-state index in [-0.39, 0.29) is 6.10 Å². The minimum atomic E-state index is -0.184. The predicted molar refractivity (Wildman–Crippen MR) is 90.2 cm³/mol. The van der Waals surface area contributed by atoms with Crippen molar-refractivity contribution in [1.29, 1.82) is 0 Å². The molecule has 0 aromatic heterocycles. The summed E-state index contributed by atoms with van der Waals surface area (Å²) in [6, 6.07) is 0. The van der Waals surface area contributed by atoms with E-state index in [4.69, 9.17) is 0 Å². The number of hydrogen-bond donors (Lipinski definition) is 2. The molecule has 1 nitrogen and oxygen atoms in total. The second kappa shape index (κ2) is 16.4. The third kappa shape index (κ3) is 16.3. The number of rotatable bonds is 15. The Hall–Kier alpha value is 0.310. The lowest BCUT2D eigenvalue weighted by Crippen LogP contribution is -2.07. The Morgan fingerprint density at radius 1 is 0.684 bits per heavy atom. The highest BCUT2D eigenvalue weighted by atomic mass is 32.1. The molecule has 0 saturated heterocycles. The van der Waals surface area contributed by atoms with Crippen molar-refractivity contribution in [3.63, 3.8) is 0 Å². The summed E-state index contributed by atoms with van der Waals surface area (Å²) < 4.78 is 0. The molecule has 1 unspecified atom stereocenters. The largest absolute Gasteiger partial charge is 0.392 e. The molecule has 116 valence electrons. The number of aliphatic hydroxyl groups excluding tert-OH is 1. The molecule has 0 aromatic carbocycles. The highest BCUT2D eigenvalue weighted by Gasteiger charge is 2.00. The first kappa shape index (κ1) is 19.3. The molecule has 0 aliphatic carbocycles. The van der Waals surface area contributed by atoms with Crippen molar-refractivity contribution < 1.29 is 5.11 Å². The van der Waals surface area contributed by atoms with Gasteiger partial charge in [-0.25, -0.2) is 0 Å². The quantitative estimate of drug-likeness (QED) is 0.290. The van der Waals surface area contributed by atoms with Gasteiger partial charge in [0.05, 0.1) is 6.10 Å². The molecule has 0 aliphatic rings. The van der Waals surface area contributed by atoms with Crippen LogP contribution in [0.25, 0.3) is 0 Å². The molecule has 19 heavy (non-hydrogen) atoms. The standard InChI is InChI=1S/C17H36OS/c1-2-3-4-5-6-7-8-9-10-11-12-13-14-15-17(18)16-19/h17-19H,2-16H2,1H3. The van der Waals surface area contributed by atoms with Crippen LogP contribution < -0.4 is 0 Å². The molecule has 0 fully saturated rings. The van der Waals surface area contributed by atoms with Crippen molar-refractivity contribution in [3.05, 3.63) is 0 Å². The van der Waals surface area contributed by atoms with Crippen molar-refractivity contribution >= 4 is 12.6 Å². The van der Waals surface area contributed by atoms with Crippen LogP contribution in [0.2, 0.25) is 0 Å². The van der Waals surface area contributed by atoms with Crippen LogP contribution in [0.15, 0.2) is 0 Å². The Balaban J connectivity index is 2.95. The second-order valence-corrected chi connectivity index (χ2v) is 6.23. The lowest BCUT2D eigenvalue weighted by atomic mass is 10.0. The fraction of sp³-hybridized carbons (Fsp3) is 1.00. The Kier molecular flexibility index (Phi) is 16.6. The molecule has 1 atom stereocenters. The van der Waals surface area contributed by atoms with Gasteiger partial charge in [0.1, 0.15) is 0 Å². The molecular formula is C17H36OS. The average molecular weight is 289 g/mol. The van der Waals surface area contributed by atoms with Gasteiger partial charge in [0.15, 0.2) is 0 Å². The van der Waals surface area contributed by atoms with Crippen molar-refractivity contribution in [2.75, 3.05) is 5.75 Å². The lowest BCUT2D eigenvalue weighted by molar-refractivity contribution is 0.185. The number of aliphatic hydroxyl groups is 1. The SMILES string of the molecule is CCCCCCCCCCCCCCCC(O)CS. The summed E-state index contributed by atoms with van der Waals surface area (Å²) in [5.74, 6) is 0.609. The normalized spacial score (nSPS) is 12.8. The van der Waals surface area contributed by atoms with Gasteiger partial charge in [0, 0.05) is 5.75 Å². The molecule has 0 spiro atoms. The summed E-state index contributed by atoms with van der Waals surface area (Å²) in [5.41, 5.74) is 0. The minimum absolute atomic E-state index is 0.184. The summed E-state index contributed by atoms with van der Waals surface area (Å²) >= 11 is 4.08. The Bertz CT molecular complexity index is 161. The maximum atomic E-state index is 9.36. The highest BCUT2D eigenvalue weighted by Crippen LogP contribution is 2.13. The first-order valence-corrected chi connectivity index (χ1v) is 9.23. The van der Waals surface area contributed by atoms with Gasteiger partial charge in [-0.1, -0.05) is 90.4 Å². The maximum absolute atomic E-state index is 9.36. The van der Waals surface area contributed by atoms with E-state index in [0.717, 1.165) is 6.42 Å². The third-order valence-electron chi connectivity index (χ3n) is 3.85. The molecule has 0 bridgehead atoms. The molecule has 0 rings (SSSR count). The van der Waals surface area contributed by atoms with E-state index in [2.05, 4.69) is 19.6 Å². The van der Waals surface area contributed by atoms with E-state index in [1.165, 1.54) is 83.5 Å². The molecule has 1 N–H and O–H groups in total. The van der Waals surface area contributed by atoms with Gasteiger partial charge < -0.3 is 5.11 Å². The van der Waals surface area contributed by atoms with E-state index < -0.39 is 0 Å². The van der Waals surface area contributed by atoms with E-state index in [1.54, 1.807) is 0 Å². The van der Waals surface area contributed by atoms with E-state index >= 15 is 0 Å². The molecule has 2 heteroatoms. The van der Waals surface area contributed by atoms with E-state index in [0.29, 0.717) is 5.75 Å². The summed E-state index contributed by atoms with van der Waals surface area (Å²) in [7, 11) is 0. The van der Waals surface area contributed by atoms with E-state index in [9.17, 15) is 5.11 Å². The molecule has 0 saturated carbocycles. The van der Waals surface area contributed by atoms with Crippen LogP contribution in [0.1, 0.15) is 96.8 Å². The van der Waals surface area contributed by atoms with E-state index in [1.807, 2.05) is 0 Å².